The Bertz CT molecular complexity index is 1970. The molecular formula is C37H27NO3. The molecule has 0 aromatic heterocycles. The van der Waals surface area contributed by atoms with Crippen LogP contribution in [0.2, 0.25) is 0 Å². The zero-order chi connectivity index (χ0) is 27.6. The van der Waals surface area contributed by atoms with E-state index in [4.69, 9.17) is 14.2 Å². The van der Waals surface area contributed by atoms with Crippen LogP contribution in [0.5, 0.6) is 34.5 Å². The number of benzene rings is 6. The zero-order valence-corrected chi connectivity index (χ0v) is 22.8. The molecule has 2 aliphatic heterocycles. The molecule has 4 heteroatoms. The van der Waals surface area contributed by atoms with Crippen molar-refractivity contribution in [1.29, 1.82) is 0 Å². The van der Waals surface area contributed by atoms with Crippen molar-refractivity contribution >= 4 is 27.8 Å². The Hall–Kier alpha value is -5.22. The van der Waals surface area contributed by atoms with E-state index in [-0.39, 0.29) is 5.41 Å². The normalized spacial score (nSPS) is 13.9. The van der Waals surface area contributed by atoms with Crippen LogP contribution in [0.4, 0.5) is 17.1 Å². The zero-order valence-electron chi connectivity index (χ0n) is 22.8. The van der Waals surface area contributed by atoms with Gasteiger partial charge in [0.15, 0.2) is 28.7 Å². The minimum Gasteiger partial charge on any atom is -0.455 e. The molecule has 6 aromatic carbocycles. The van der Waals surface area contributed by atoms with Crippen molar-refractivity contribution < 1.29 is 14.2 Å². The highest BCUT2D eigenvalue weighted by atomic mass is 16.6. The Balaban J connectivity index is 1.41. The lowest BCUT2D eigenvalue weighted by atomic mass is 9.75. The van der Waals surface area contributed by atoms with Crippen LogP contribution in [0.25, 0.3) is 10.8 Å². The van der Waals surface area contributed by atoms with Gasteiger partial charge in [0, 0.05) is 21.9 Å². The summed E-state index contributed by atoms with van der Waals surface area (Å²) in [4.78, 5) is 2.25. The number of rotatable bonds is 3. The first-order valence-corrected chi connectivity index (χ1v) is 13.9. The van der Waals surface area contributed by atoms with Crippen LogP contribution < -0.4 is 19.1 Å². The van der Waals surface area contributed by atoms with Crippen molar-refractivity contribution in [2.45, 2.75) is 19.3 Å². The van der Waals surface area contributed by atoms with Crippen molar-refractivity contribution in [2.24, 2.45) is 0 Å². The minimum absolute atomic E-state index is 0.251. The molecule has 0 fully saturated rings. The summed E-state index contributed by atoms with van der Waals surface area (Å²) in [5.74, 6) is 4.42. The number of fused-ring (bicyclic) bond motifs is 5. The van der Waals surface area contributed by atoms with Crippen molar-refractivity contribution in [2.75, 3.05) is 4.90 Å². The average Bonchev–Trinajstić information content (AvgIpc) is 3.01. The summed E-state index contributed by atoms with van der Waals surface area (Å²) in [6.45, 7) is 4.52. The number of hydrogen-bond donors (Lipinski definition) is 0. The van der Waals surface area contributed by atoms with E-state index in [9.17, 15) is 0 Å². The lowest BCUT2D eigenvalue weighted by Gasteiger charge is -2.38. The maximum absolute atomic E-state index is 6.77. The number of para-hydroxylation sites is 5. The molecule has 0 saturated heterocycles. The molecule has 4 nitrogen and oxygen atoms in total. The number of ether oxygens (including phenoxy) is 3. The maximum Gasteiger partial charge on any atom is 0.194 e. The molecule has 0 N–H and O–H groups in total. The molecule has 2 aliphatic rings. The van der Waals surface area contributed by atoms with E-state index in [0.717, 1.165) is 44.9 Å². The lowest BCUT2D eigenvalue weighted by molar-refractivity contribution is 0.360. The predicted octanol–water partition coefficient (Wildman–Crippen LogP) is 10.6. The predicted molar refractivity (Wildman–Crippen MR) is 164 cm³/mol. The molecule has 0 spiro atoms. The summed E-state index contributed by atoms with van der Waals surface area (Å²) >= 11 is 0. The smallest absolute Gasteiger partial charge is 0.194 e. The van der Waals surface area contributed by atoms with Crippen LogP contribution in [0.15, 0.2) is 127 Å². The van der Waals surface area contributed by atoms with Gasteiger partial charge in [-0.2, -0.15) is 0 Å². The first kappa shape index (κ1) is 23.6. The average molecular weight is 534 g/mol. The third-order valence-electron chi connectivity index (χ3n) is 8.17. The molecule has 0 unspecified atom stereocenters. The van der Waals surface area contributed by atoms with Gasteiger partial charge in [0.05, 0.1) is 17.1 Å². The number of anilines is 3. The summed E-state index contributed by atoms with van der Waals surface area (Å²) in [7, 11) is 0. The number of nitrogens with zero attached hydrogens (tertiary/aromatic N) is 1. The molecule has 0 amide bonds. The van der Waals surface area contributed by atoms with Crippen LogP contribution in [0, 0.1) is 0 Å². The first-order chi connectivity index (χ1) is 20.1. The van der Waals surface area contributed by atoms with Crippen molar-refractivity contribution in [3.63, 3.8) is 0 Å². The van der Waals surface area contributed by atoms with Gasteiger partial charge in [-0.15, -0.1) is 0 Å². The fourth-order valence-electron chi connectivity index (χ4n) is 6.13. The molecule has 0 bridgehead atoms. The van der Waals surface area contributed by atoms with Crippen molar-refractivity contribution in [1.82, 2.24) is 0 Å². The van der Waals surface area contributed by atoms with Gasteiger partial charge >= 0.3 is 0 Å². The van der Waals surface area contributed by atoms with E-state index in [0.29, 0.717) is 23.0 Å². The van der Waals surface area contributed by atoms with E-state index in [1.54, 1.807) is 0 Å². The van der Waals surface area contributed by atoms with E-state index in [1.807, 2.05) is 42.5 Å². The highest BCUT2D eigenvalue weighted by molar-refractivity contribution is 6.01. The second kappa shape index (κ2) is 8.90. The molecule has 0 saturated carbocycles. The molecular weight excluding hydrogens is 506 g/mol. The van der Waals surface area contributed by atoms with Crippen molar-refractivity contribution in [3.8, 4) is 34.5 Å². The molecule has 0 radical (unpaired) electrons. The van der Waals surface area contributed by atoms with E-state index >= 15 is 0 Å². The Morgan fingerprint density at radius 2 is 0.976 bits per heavy atom. The molecule has 0 atom stereocenters. The van der Waals surface area contributed by atoms with Gasteiger partial charge < -0.3 is 19.1 Å². The largest absolute Gasteiger partial charge is 0.455 e. The Morgan fingerprint density at radius 3 is 1.83 bits per heavy atom. The molecule has 198 valence electrons. The van der Waals surface area contributed by atoms with E-state index in [1.165, 1.54) is 5.56 Å². The monoisotopic (exact) mass is 533 g/mol. The van der Waals surface area contributed by atoms with Gasteiger partial charge in [-0.1, -0.05) is 98.8 Å². The van der Waals surface area contributed by atoms with Crippen LogP contribution in [0.1, 0.15) is 25.0 Å². The first-order valence-electron chi connectivity index (χ1n) is 13.9. The SMILES string of the molecule is CC1(C)c2ccccc2Oc2c(N(c3cccc4c3Oc3ccccc3O4)c3cccc4ccccc34)cccc21. The third-order valence-corrected chi connectivity index (χ3v) is 8.17. The number of hydrogen-bond acceptors (Lipinski definition) is 4. The van der Waals surface area contributed by atoms with Gasteiger partial charge in [0.2, 0.25) is 0 Å². The van der Waals surface area contributed by atoms with Crippen molar-refractivity contribution in [3.05, 3.63) is 139 Å². The second-order valence-electron chi connectivity index (χ2n) is 11.0. The maximum atomic E-state index is 6.77. The van der Waals surface area contributed by atoms with Crippen LogP contribution in [0.3, 0.4) is 0 Å². The van der Waals surface area contributed by atoms with Crippen LogP contribution in [-0.2, 0) is 5.41 Å². The van der Waals surface area contributed by atoms with E-state index in [2.05, 4.69) is 104 Å². The van der Waals surface area contributed by atoms with Gasteiger partial charge in [0.25, 0.3) is 0 Å². The van der Waals surface area contributed by atoms with E-state index < -0.39 is 0 Å². The fraction of sp³-hybridized carbons (Fsp3) is 0.0811. The highest BCUT2D eigenvalue weighted by Crippen LogP contribution is 2.57. The van der Waals surface area contributed by atoms with Crippen LogP contribution >= 0.6 is 0 Å². The minimum atomic E-state index is -0.251. The second-order valence-corrected chi connectivity index (χ2v) is 11.0. The topological polar surface area (TPSA) is 30.9 Å². The fourth-order valence-corrected chi connectivity index (χ4v) is 6.13. The lowest BCUT2D eigenvalue weighted by Crippen LogP contribution is -2.25. The van der Waals surface area contributed by atoms with Gasteiger partial charge in [-0.25, -0.2) is 0 Å². The summed E-state index contributed by atoms with van der Waals surface area (Å²) in [6, 6.07) is 43.4. The summed E-state index contributed by atoms with van der Waals surface area (Å²) in [5.41, 5.74) is 4.87. The third kappa shape index (κ3) is 3.61. The van der Waals surface area contributed by atoms with Gasteiger partial charge in [-0.05, 0) is 47.9 Å². The van der Waals surface area contributed by atoms with Gasteiger partial charge in [0.1, 0.15) is 5.75 Å². The quantitative estimate of drug-likeness (QED) is 0.226. The highest BCUT2D eigenvalue weighted by Gasteiger charge is 2.37. The Morgan fingerprint density at radius 1 is 0.439 bits per heavy atom. The summed E-state index contributed by atoms with van der Waals surface area (Å²) in [6.07, 6.45) is 0. The van der Waals surface area contributed by atoms with Crippen LogP contribution in [-0.4, -0.2) is 0 Å². The molecule has 41 heavy (non-hydrogen) atoms. The molecule has 6 aromatic rings. The molecule has 0 aliphatic carbocycles. The Labute approximate surface area is 239 Å². The Kier molecular flexibility index (Phi) is 5.13. The standard InChI is InChI=1S/C37H27NO3/c1-37(2)26-15-5-6-20-31(26)40-35-27(37)16-10-18-29(35)38(28-17-9-13-24-12-3-4-14-25(24)28)30-19-11-23-34-36(30)41-33-22-8-7-21-32(33)39-34/h3-23H,1-2H3. The molecule has 2 heterocycles. The summed E-state index contributed by atoms with van der Waals surface area (Å²) in [5, 5.41) is 2.27. The van der Waals surface area contributed by atoms with Gasteiger partial charge in [-0.3, -0.25) is 0 Å². The molecule has 8 rings (SSSR count). The summed E-state index contributed by atoms with van der Waals surface area (Å²) < 4.78 is 19.7.